The van der Waals surface area contributed by atoms with Gasteiger partial charge in [0.05, 0.1) is 25.3 Å². The highest BCUT2D eigenvalue weighted by molar-refractivity contribution is 5.98. The molecule has 1 unspecified atom stereocenters. The average Bonchev–Trinajstić information content (AvgIpc) is 2.81. The molecule has 1 atom stereocenters. The fourth-order valence-corrected chi connectivity index (χ4v) is 3.14. The van der Waals surface area contributed by atoms with Crippen molar-refractivity contribution in [1.82, 2.24) is 20.6 Å². The molecule has 3 rings (SSSR count). The van der Waals surface area contributed by atoms with Crippen LogP contribution in [0.3, 0.4) is 0 Å². The van der Waals surface area contributed by atoms with E-state index in [1.807, 2.05) is 10.2 Å². The summed E-state index contributed by atoms with van der Waals surface area (Å²) in [6.45, 7) is 2.78. The molecular weight excluding hydrogens is 475 g/mol. The van der Waals surface area contributed by atoms with Crippen molar-refractivity contribution in [3.8, 4) is 11.1 Å². The summed E-state index contributed by atoms with van der Waals surface area (Å²) in [4.78, 5) is 41.2. The number of methoxy groups -OCH3 is 1. The molecule has 5 N–H and O–H groups in total. The van der Waals surface area contributed by atoms with Gasteiger partial charge in [0.1, 0.15) is 18.5 Å². The van der Waals surface area contributed by atoms with Gasteiger partial charge in [0.25, 0.3) is 0 Å². The Morgan fingerprint density at radius 3 is 2.67 bits per heavy atom. The van der Waals surface area contributed by atoms with Gasteiger partial charge in [0.2, 0.25) is 11.9 Å². The van der Waals surface area contributed by atoms with Crippen LogP contribution in [0.2, 0.25) is 0 Å². The van der Waals surface area contributed by atoms with Crippen LogP contribution < -0.4 is 21.3 Å². The van der Waals surface area contributed by atoms with Crippen LogP contribution in [-0.2, 0) is 20.9 Å². The number of carbonyl (C=O) groups excluding carboxylic acids is 1. The molecule has 2 heterocycles. The number of benzene rings is 1. The van der Waals surface area contributed by atoms with E-state index in [1.165, 1.54) is 32.5 Å². The SMILES string of the molecule is COC(CNC(C)=O)CON=C1CN(c2ncc(-c3cccc(CN=C(N)NC(=O)O)c3F)cn2)C1. The van der Waals surface area contributed by atoms with Crippen molar-refractivity contribution in [2.75, 3.05) is 38.3 Å². The van der Waals surface area contributed by atoms with Gasteiger partial charge >= 0.3 is 6.09 Å². The quantitative estimate of drug-likeness (QED) is 0.207. The molecule has 192 valence electrons. The summed E-state index contributed by atoms with van der Waals surface area (Å²) in [5.41, 5.74) is 7.23. The van der Waals surface area contributed by atoms with Crippen molar-refractivity contribution in [1.29, 1.82) is 0 Å². The van der Waals surface area contributed by atoms with Crippen LogP contribution in [0.1, 0.15) is 12.5 Å². The summed E-state index contributed by atoms with van der Waals surface area (Å²) in [5.74, 6) is -0.536. The molecule has 0 radical (unpaired) electrons. The molecule has 36 heavy (non-hydrogen) atoms. The fraction of sp³-hybridized carbons (Fsp3) is 0.364. The van der Waals surface area contributed by atoms with Crippen LogP contribution in [-0.4, -0.2) is 78.2 Å². The van der Waals surface area contributed by atoms with Crippen LogP contribution >= 0.6 is 0 Å². The first-order valence-electron chi connectivity index (χ1n) is 10.9. The Morgan fingerprint density at radius 1 is 1.31 bits per heavy atom. The number of carboxylic acid groups (broad SMARTS) is 1. The molecule has 0 aliphatic carbocycles. The molecule has 2 amide bonds. The zero-order valence-electron chi connectivity index (χ0n) is 19.8. The maximum absolute atomic E-state index is 15.0. The largest absolute Gasteiger partial charge is 0.465 e. The van der Waals surface area contributed by atoms with Gasteiger partial charge in [0.15, 0.2) is 5.96 Å². The number of ether oxygens (including phenoxy) is 1. The normalized spacial score (nSPS) is 14.0. The number of anilines is 1. The van der Waals surface area contributed by atoms with E-state index in [-0.39, 0.29) is 42.2 Å². The molecule has 13 nitrogen and oxygen atoms in total. The second-order valence-corrected chi connectivity index (χ2v) is 7.79. The first-order chi connectivity index (χ1) is 17.3. The number of carbonyl (C=O) groups is 2. The van der Waals surface area contributed by atoms with E-state index >= 15 is 0 Å². The first-order valence-corrected chi connectivity index (χ1v) is 10.9. The highest BCUT2D eigenvalue weighted by atomic mass is 19.1. The minimum atomic E-state index is -1.35. The summed E-state index contributed by atoms with van der Waals surface area (Å²) >= 11 is 0. The van der Waals surface area contributed by atoms with Crippen molar-refractivity contribution in [2.24, 2.45) is 15.9 Å². The number of aliphatic imine (C=N–C) groups is 1. The monoisotopic (exact) mass is 502 g/mol. The summed E-state index contributed by atoms with van der Waals surface area (Å²) < 4.78 is 20.2. The Bertz CT molecular complexity index is 1130. The van der Waals surface area contributed by atoms with Crippen molar-refractivity contribution >= 4 is 29.6 Å². The summed E-state index contributed by atoms with van der Waals surface area (Å²) in [6, 6.07) is 4.77. The molecule has 1 fully saturated rings. The lowest BCUT2D eigenvalue weighted by Crippen LogP contribution is -2.48. The molecule has 14 heteroatoms. The Labute approximate surface area is 206 Å². The zero-order chi connectivity index (χ0) is 26.1. The number of guanidine groups is 1. The topological polar surface area (TPSA) is 177 Å². The second-order valence-electron chi connectivity index (χ2n) is 7.79. The van der Waals surface area contributed by atoms with E-state index < -0.39 is 11.9 Å². The molecule has 1 aliphatic rings. The Hall–Kier alpha value is -4.33. The summed E-state index contributed by atoms with van der Waals surface area (Å²) in [6.07, 6.45) is 1.37. The molecule has 1 aromatic carbocycles. The van der Waals surface area contributed by atoms with Crippen molar-refractivity contribution in [3.63, 3.8) is 0 Å². The van der Waals surface area contributed by atoms with Gasteiger partial charge < -0.3 is 30.6 Å². The van der Waals surface area contributed by atoms with Gasteiger partial charge in [-0.05, 0) is 0 Å². The zero-order valence-corrected chi connectivity index (χ0v) is 19.8. The molecule has 1 saturated heterocycles. The lowest BCUT2D eigenvalue weighted by molar-refractivity contribution is -0.119. The van der Waals surface area contributed by atoms with E-state index in [9.17, 15) is 14.0 Å². The van der Waals surface area contributed by atoms with E-state index in [0.29, 0.717) is 31.1 Å². The van der Waals surface area contributed by atoms with Gasteiger partial charge in [-0.1, -0.05) is 23.4 Å². The van der Waals surface area contributed by atoms with Gasteiger partial charge in [-0.25, -0.2) is 24.1 Å². The number of nitrogens with zero attached hydrogens (tertiary/aromatic N) is 5. The molecule has 0 bridgehead atoms. The van der Waals surface area contributed by atoms with Gasteiger partial charge in [0, 0.05) is 49.7 Å². The number of oxime groups is 1. The molecule has 0 spiro atoms. The number of aromatic nitrogens is 2. The number of halogens is 1. The third-order valence-corrected chi connectivity index (χ3v) is 5.08. The number of rotatable bonds is 10. The predicted molar refractivity (Wildman–Crippen MR) is 129 cm³/mol. The van der Waals surface area contributed by atoms with Crippen molar-refractivity contribution in [3.05, 3.63) is 42.0 Å². The Morgan fingerprint density at radius 2 is 2.03 bits per heavy atom. The van der Waals surface area contributed by atoms with Crippen molar-refractivity contribution in [2.45, 2.75) is 19.6 Å². The summed E-state index contributed by atoms with van der Waals surface area (Å²) in [5, 5.41) is 17.3. The average molecular weight is 503 g/mol. The van der Waals surface area contributed by atoms with Gasteiger partial charge in [-0.15, -0.1) is 0 Å². The number of amides is 2. The summed E-state index contributed by atoms with van der Waals surface area (Å²) in [7, 11) is 1.53. The predicted octanol–water partition coefficient (Wildman–Crippen LogP) is 0.709. The third-order valence-electron chi connectivity index (χ3n) is 5.08. The van der Waals surface area contributed by atoms with E-state index in [2.05, 4.69) is 25.4 Å². The lowest BCUT2D eigenvalue weighted by Gasteiger charge is -2.32. The fourth-order valence-electron chi connectivity index (χ4n) is 3.14. The van der Waals surface area contributed by atoms with Gasteiger partial charge in [-0.2, -0.15) is 0 Å². The maximum Gasteiger partial charge on any atom is 0.411 e. The minimum Gasteiger partial charge on any atom is -0.465 e. The maximum atomic E-state index is 15.0. The number of nitrogens with two attached hydrogens (primary N) is 1. The van der Waals surface area contributed by atoms with Gasteiger partial charge in [-0.3, -0.25) is 10.1 Å². The van der Waals surface area contributed by atoms with Crippen LogP contribution in [0.4, 0.5) is 15.1 Å². The number of nitrogens with one attached hydrogen (secondary N) is 2. The Kier molecular flexibility index (Phi) is 9.05. The molecular formula is C22H27FN8O5. The smallest absolute Gasteiger partial charge is 0.411 e. The number of hydrogen-bond acceptors (Lipinski definition) is 9. The van der Waals surface area contributed by atoms with Crippen LogP contribution in [0.15, 0.2) is 40.7 Å². The van der Waals surface area contributed by atoms with Crippen LogP contribution in [0.5, 0.6) is 0 Å². The van der Waals surface area contributed by atoms with Crippen LogP contribution in [0.25, 0.3) is 11.1 Å². The standard InChI is InChI=1S/C22H27FN8O5/c1-13(32)25-9-17(35-2)12-36-30-16-10-31(11-16)21-27-7-15(8-28-21)18-5-3-4-14(19(18)23)6-26-20(24)29-22(33)34/h3-5,7-8,17H,6,9-12H2,1-2H3,(H,25,32)(H,33,34)(H3,24,26,29). The molecule has 2 aromatic rings. The first kappa shape index (κ1) is 26.3. The minimum absolute atomic E-state index is 0.138. The van der Waals surface area contributed by atoms with Crippen molar-refractivity contribution < 1.29 is 28.7 Å². The van der Waals surface area contributed by atoms with E-state index in [1.54, 1.807) is 12.1 Å². The Balaban J connectivity index is 1.55. The lowest BCUT2D eigenvalue weighted by atomic mass is 10.0. The molecule has 1 aliphatic heterocycles. The molecule has 1 aromatic heterocycles. The highest BCUT2D eigenvalue weighted by Gasteiger charge is 2.25. The van der Waals surface area contributed by atoms with Crippen LogP contribution in [0, 0.1) is 5.82 Å². The van der Waals surface area contributed by atoms with E-state index in [4.69, 9.17) is 20.4 Å². The third kappa shape index (κ3) is 7.33. The second kappa shape index (κ2) is 12.4. The highest BCUT2D eigenvalue weighted by Crippen LogP contribution is 2.25. The molecule has 0 saturated carbocycles. The van der Waals surface area contributed by atoms with E-state index in [0.717, 1.165) is 5.71 Å². The number of hydrogen-bond donors (Lipinski definition) is 4.